The first-order valence-electron chi connectivity index (χ1n) is 7.25. The molecule has 2 aromatic rings. The smallest absolute Gasteiger partial charge is 0.338 e. The first kappa shape index (κ1) is 16.5. The van der Waals surface area contributed by atoms with Crippen molar-refractivity contribution in [2.24, 2.45) is 0 Å². The molecule has 2 rings (SSSR count). The summed E-state index contributed by atoms with van der Waals surface area (Å²) >= 11 is 0. The molecule has 0 saturated heterocycles. The SMILES string of the molecule is CCOc1ccc(C=Cc2onc(C)c2[N+](=O)[O-])cc1OCC. The fourth-order valence-electron chi connectivity index (χ4n) is 2.06. The zero-order chi connectivity index (χ0) is 16.8. The molecule has 0 unspecified atom stereocenters. The first-order valence-corrected chi connectivity index (χ1v) is 7.25. The third kappa shape index (κ3) is 3.88. The van der Waals surface area contributed by atoms with Gasteiger partial charge >= 0.3 is 5.69 Å². The Bertz CT molecular complexity index is 721. The van der Waals surface area contributed by atoms with Crippen LogP contribution in [0.5, 0.6) is 11.5 Å². The molecular formula is C16H18N2O5. The maximum absolute atomic E-state index is 11.0. The molecule has 0 aliphatic carbocycles. The van der Waals surface area contributed by atoms with Gasteiger partial charge in [0.25, 0.3) is 0 Å². The summed E-state index contributed by atoms with van der Waals surface area (Å²) in [4.78, 5) is 10.5. The maximum Gasteiger partial charge on any atom is 0.338 e. The Morgan fingerprint density at radius 2 is 1.91 bits per heavy atom. The number of aromatic nitrogens is 1. The van der Waals surface area contributed by atoms with E-state index in [4.69, 9.17) is 14.0 Å². The molecule has 0 fully saturated rings. The lowest BCUT2D eigenvalue weighted by Gasteiger charge is -2.11. The minimum atomic E-state index is -0.505. The normalized spacial score (nSPS) is 10.9. The number of rotatable bonds is 7. The Kier molecular flexibility index (Phi) is 5.35. The molecule has 0 aliphatic rings. The summed E-state index contributed by atoms with van der Waals surface area (Å²) < 4.78 is 16.0. The van der Waals surface area contributed by atoms with Crippen molar-refractivity contribution in [1.29, 1.82) is 0 Å². The molecule has 1 aromatic heterocycles. The highest BCUT2D eigenvalue weighted by Crippen LogP contribution is 2.30. The van der Waals surface area contributed by atoms with Crippen molar-refractivity contribution in [3.63, 3.8) is 0 Å². The van der Waals surface area contributed by atoms with E-state index in [1.807, 2.05) is 19.9 Å². The van der Waals surface area contributed by atoms with Crippen molar-refractivity contribution in [1.82, 2.24) is 5.16 Å². The molecule has 1 aromatic carbocycles. The number of nitro groups is 1. The van der Waals surface area contributed by atoms with Crippen LogP contribution in [-0.4, -0.2) is 23.3 Å². The van der Waals surface area contributed by atoms with Gasteiger partial charge in [0.15, 0.2) is 17.2 Å². The van der Waals surface area contributed by atoms with Crippen molar-refractivity contribution in [3.05, 3.63) is 45.3 Å². The number of aryl methyl sites for hydroxylation is 1. The second-order valence-electron chi connectivity index (χ2n) is 4.64. The van der Waals surface area contributed by atoms with Crippen LogP contribution in [-0.2, 0) is 0 Å². The zero-order valence-electron chi connectivity index (χ0n) is 13.2. The van der Waals surface area contributed by atoms with E-state index in [-0.39, 0.29) is 17.1 Å². The first-order chi connectivity index (χ1) is 11.1. The van der Waals surface area contributed by atoms with E-state index in [1.165, 1.54) is 13.0 Å². The molecule has 0 aliphatic heterocycles. The molecule has 1 heterocycles. The van der Waals surface area contributed by atoms with Gasteiger partial charge in [-0.15, -0.1) is 0 Å². The van der Waals surface area contributed by atoms with Crippen LogP contribution in [0.25, 0.3) is 12.2 Å². The van der Waals surface area contributed by atoms with Crippen LogP contribution in [0.4, 0.5) is 5.69 Å². The number of hydrogen-bond acceptors (Lipinski definition) is 6. The number of nitrogens with zero attached hydrogens (tertiary/aromatic N) is 2. The summed E-state index contributed by atoms with van der Waals surface area (Å²) in [6.45, 7) is 6.37. The van der Waals surface area contributed by atoms with Gasteiger partial charge in [0, 0.05) is 0 Å². The summed E-state index contributed by atoms with van der Waals surface area (Å²) in [7, 11) is 0. The van der Waals surface area contributed by atoms with Crippen molar-refractivity contribution < 1.29 is 18.9 Å². The van der Waals surface area contributed by atoms with E-state index in [9.17, 15) is 10.1 Å². The Labute approximate surface area is 133 Å². The summed E-state index contributed by atoms with van der Waals surface area (Å²) in [5.41, 5.74) is 0.925. The fourth-order valence-corrected chi connectivity index (χ4v) is 2.06. The average Bonchev–Trinajstić information content (AvgIpc) is 2.89. The van der Waals surface area contributed by atoms with E-state index in [2.05, 4.69) is 5.16 Å². The minimum absolute atomic E-state index is 0.111. The third-order valence-corrected chi connectivity index (χ3v) is 3.03. The Morgan fingerprint density at radius 1 is 1.22 bits per heavy atom. The van der Waals surface area contributed by atoms with Crippen LogP contribution >= 0.6 is 0 Å². The molecule has 0 atom stereocenters. The van der Waals surface area contributed by atoms with Crippen molar-refractivity contribution in [2.75, 3.05) is 13.2 Å². The van der Waals surface area contributed by atoms with Gasteiger partial charge < -0.3 is 14.0 Å². The quantitative estimate of drug-likeness (QED) is 0.569. The third-order valence-electron chi connectivity index (χ3n) is 3.03. The standard InChI is InChI=1S/C16H18N2O5/c1-4-21-13-8-6-12(10-15(13)22-5-2)7-9-14-16(18(19)20)11(3)17-23-14/h6-10H,4-5H2,1-3H3. The highest BCUT2D eigenvalue weighted by atomic mass is 16.6. The monoisotopic (exact) mass is 318 g/mol. The van der Waals surface area contributed by atoms with Gasteiger partial charge in [-0.3, -0.25) is 10.1 Å². The molecule has 7 heteroatoms. The molecule has 0 saturated carbocycles. The predicted molar refractivity (Wildman–Crippen MR) is 85.6 cm³/mol. The molecule has 0 bridgehead atoms. The van der Waals surface area contributed by atoms with Crippen LogP contribution in [0.3, 0.4) is 0 Å². The number of ether oxygens (including phenoxy) is 2. The molecule has 23 heavy (non-hydrogen) atoms. The Hall–Kier alpha value is -2.83. The highest BCUT2D eigenvalue weighted by molar-refractivity contribution is 5.72. The van der Waals surface area contributed by atoms with Crippen LogP contribution < -0.4 is 9.47 Å². The van der Waals surface area contributed by atoms with Gasteiger partial charge in [0.2, 0.25) is 5.76 Å². The molecule has 0 amide bonds. The van der Waals surface area contributed by atoms with Crippen molar-refractivity contribution >= 4 is 17.8 Å². The summed E-state index contributed by atoms with van der Waals surface area (Å²) in [6.07, 6.45) is 3.22. The fraction of sp³-hybridized carbons (Fsp3) is 0.312. The predicted octanol–water partition coefficient (Wildman–Crippen LogP) is 3.86. The lowest BCUT2D eigenvalue weighted by Crippen LogP contribution is -1.98. The number of hydrogen-bond donors (Lipinski definition) is 0. The van der Waals surface area contributed by atoms with E-state index in [0.29, 0.717) is 24.7 Å². The van der Waals surface area contributed by atoms with Crippen LogP contribution in [0.1, 0.15) is 30.9 Å². The summed E-state index contributed by atoms with van der Waals surface area (Å²) in [5.74, 6) is 1.40. The van der Waals surface area contributed by atoms with E-state index >= 15 is 0 Å². The van der Waals surface area contributed by atoms with Gasteiger partial charge in [-0.2, -0.15) is 0 Å². The number of benzene rings is 1. The second kappa shape index (κ2) is 7.44. The Morgan fingerprint density at radius 3 is 2.57 bits per heavy atom. The zero-order valence-corrected chi connectivity index (χ0v) is 13.2. The summed E-state index contributed by atoms with van der Waals surface area (Å²) in [5, 5.41) is 14.6. The largest absolute Gasteiger partial charge is 0.490 e. The molecular weight excluding hydrogens is 300 g/mol. The van der Waals surface area contributed by atoms with Crippen LogP contribution in [0.2, 0.25) is 0 Å². The lowest BCUT2D eigenvalue weighted by atomic mass is 10.1. The van der Waals surface area contributed by atoms with Crippen LogP contribution in [0.15, 0.2) is 22.7 Å². The molecule has 122 valence electrons. The second-order valence-corrected chi connectivity index (χ2v) is 4.64. The lowest BCUT2D eigenvalue weighted by molar-refractivity contribution is -0.386. The highest BCUT2D eigenvalue weighted by Gasteiger charge is 2.21. The molecule has 0 spiro atoms. The van der Waals surface area contributed by atoms with Crippen LogP contribution in [0, 0.1) is 17.0 Å². The van der Waals surface area contributed by atoms with Gasteiger partial charge in [0.05, 0.1) is 18.1 Å². The van der Waals surface area contributed by atoms with Crippen molar-refractivity contribution in [2.45, 2.75) is 20.8 Å². The molecule has 0 N–H and O–H groups in total. The maximum atomic E-state index is 11.0. The van der Waals surface area contributed by atoms with Gasteiger partial charge in [0.1, 0.15) is 0 Å². The van der Waals surface area contributed by atoms with E-state index in [1.54, 1.807) is 18.2 Å². The van der Waals surface area contributed by atoms with E-state index < -0.39 is 4.92 Å². The Balaban J connectivity index is 2.29. The van der Waals surface area contributed by atoms with Gasteiger partial charge in [-0.05, 0) is 44.5 Å². The topological polar surface area (TPSA) is 87.6 Å². The summed E-state index contributed by atoms with van der Waals surface area (Å²) in [6, 6.07) is 5.44. The average molecular weight is 318 g/mol. The van der Waals surface area contributed by atoms with Crippen molar-refractivity contribution in [3.8, 4) is 11.5 Å². The van der Waals surface area contributed by atoms with Gasteiger partial charge in [-0.25, -0.2) is 0 Å². The molecule has 7 nitrogen and oxygen atoms in total. The molecule has 0 radical (unpaired) electrons. The minimum Gasteiger partial charge on any atom is -0.490 e. The van der Waals surface area contributed by atoms with E-state index in [0.717, 1.165) is 5.56 Å². The van der Waals surface area contributed by atoms with Gasteiger partial charge in [-0.1, -0.05) is 17.3 Å².